The number of aryl methyl sites for hydroxylation is 1. The number of carbonyl (C=O) groups excluding carboxylic acids is 1. The smallest absolute Gasteiger partial charge is 0.422 e. The molecule has 0 atom stereocenters. The largest absolute Gasteiger partial charge is 0.493 e. The normalized spacial score (nSPS) is 12.0. The molecule has 5 nitrogen and oxygen atoms in total. The third kappa shape index (κ3) is 8.01. The summed E-state index contributed by atoms with van der Waals surface area (Å²) in [5.74, 6) is -3.77. The van der Waals surface area contributed by atoms with E-state index in [1.807, 2.05) is 0 Å². The van der Waals surface area contributed by atoms with Crippen molar-refractivity contribution >= 4 is 5.91 Å². The average Bonchev–Trinajstić information content (AvgIpc) is 2.55. The van der Waals surface area contributed by atoms with Crippen LogP contribution < -0.4 is 20.5 Å². The minimum Gasteiger partial charge on any atom is -0.493 e. The lowest BCUT2D eigenvalue weighted by molar-refractivity contribution is -0.153. The SMILES string of the molecule is COc1cc(CCC(=O)NCC(F)(F)CN)ccc1OCC(F)(F)F. The van der Waals surface area contributed by atoms with Gasteiger partial charge in [0.2, 0.25) is 5.91 Å². The van der Waals surface area contributed by atoms with Crippen molar-refractivity contribution in [3.63, 3.8) is 0 Å². The lowest BCUT2D eigenvalue weighted by atomic mass is 10.1. The first kappa shape index (κ1) is 20.9. The maximum atomic E-state index is 12.9. The number of alkyl halides is 5. The van der Waals surface area contributed by atoms with E-state index in [1.54, 1.807) is 0 Å². The maximum absolute atomic E-state index is 12.9. The van der Waals surface area contributed by atoms with Crippen LogP contribution in [0.3, 0.4) is 0 Å². The van der Waals surface area contributed by atoms with Gasteiger partial charge in [-0.25, -0.2) is 8.78 Å². The molecule has 0 aliphatic heterocycles. The Morgan fingerprint density at radius 1 is 1.20 bits per heavy atom. The van der Waals surface area contributed by atoms with Crippen LogP contribution in [0, 0.1) is 0 Å². The van der Waals surface area contributed by atoms with Crippen molar-refractivity contribution in [2.75, 3.05) is 26.8 Å². The maximum Gasteiger partial charge on any atom is 0.422 e. The third-order valence-electron chi connectivity index (χ3n) is 3.10. The molecule has 25 heavy (non-hydrogen) atoms. The quantitative estimate of drug-likeness (QED) is 0.654. The van der Waals surface area contributed by atoms with Gasteiger partial charge in [0, 0.05) is 6.42 Å². The van der Waals surface area contributed by atoms with Crippen molar-refractivity contribution in [3.8, 4) is 11.5 Å². The van der Waals surface area contributed by atoms with E-state index in [0.29, 0.717) is 5.56 Å². The van der Waals surface area contributed by atoms with Gasteiger partial charge in [0.25, 0.3) is 5.92 Å². The summed E-state index contributed by atoms with van der Waals surface area (Å²) in [6.07, 6.45) is -4.37. The van der Waals surface area contributed by atoms with Crippen molar-refractivity contribution in [3.05, 3.63) is 23.8 Å². The minimum atomic E-state index is -4.48. The molecule has 0 unspecified atom stereocenters. The molecule has 3 N–H and O–H groups in total. The Hall–Kier alpha value is -2.10. The van der Waals surface area contributed by atoms with Crippen LogP contribution in [-0.2, 0) is 11.2 Å². The number of hydrogen-bond acceptors (Lipinski definition) is 4. The summed E-state index contributed by atoms with van der Waals surface area (Å²) in [5.41, 5.74) is 5.44. The van der Waals surface area contributed by atoms with Crippen molar-refractivity contribution in [1.82, 2.24) is 5.32 Å². The molecule has 0 fully saturated rings. The number of methoxy groups -OCH3 is 1. The fourth-order valence-electron chi connectivity index (χ4n) is 1.79. The molecule has 1 rings (SSSR count). The van der Waals surface area contributed by atoms with Gasteiger partial charge in [0.15, 0.2) is 18.1 Å². The molecule has 142 valence electrons. The summed E-state index contributed by atoms with van der Waals surface area (Å²) in [7, 11) is 1.27. The minimum absolute atomic E-state index is 0.0768. The van der Waals surface area contributed by atoms with Crippen LogP contribution in [0.25, 0.3) is 0 Å². The number of halogens is 5. The molecule has 1 aromatic rings. The molecule has 0 radical (unpaired) electrons. The highest BCUT2D eigenvalue weighted by atomic mass is 19.4. The second-order valence-electron chi connectivity index (χ2n) is 5.23. The molecule has 0 heterocycles. The lowest BCUT2D eigenvalue weighted by Gasteiger charge is -2.15. The molecule has 1 aromatic carbocycles. The topological polar surface area (TPSA) is 73.6 Å². The lowest BCUT2D eigenvalue weighted by Crippen LogP contribution is -2.41. The second kappa shape index (κ2) is 8.84. The van der Waals surface area contributed by atoms with Crippen LogP contribution in [0.2, 0.25) is 0 Å². The summed E-state index contributed by atoms with van der Waals surface area (Å²) in [6.45, 7) is -3.18. The summed E-state index contributed by atoms with van der Waals surface area (Å²) in [6, 6.07) is 4.18. The summed E-state index contributed by atoms with van der Waals surface area (Å²) in [5, 5.41) is 2.07. The zero-order valence-corrected chi connectivity index (χ0v) is 13.5. The zero-order chi connectivity index (χ0) is 19.1. The first-order valence-corrected chi connectivity index (χ1v) is 7.27. The van der Waals surface area contributed by atoms with Crippen molar-refractivity contribution in [1.29, 1.82) is 0 Å². The molecule has 0 aliphatic carbocycles. The molecule has 0 bridgehead atoms. The number of benzene rings is 1. The first-order valence-electron chi connectivity index (χ1n) is 7.27. The molecule has 1 amide bonds. The third-order valence-corrected chi connectivity index (χ3v) is 3.10. The van der Waals surface area contributed by atoms with E-state index in [4.69, 9.17) is 10.5 Å². The fraction of sp³-hybridized carbons (Fsp3) is 0.533. The number of amides is 1. The van der Waals surface area contributed by atoms with E-state index < -0.39 is 37.7 Å². The highest BCUT2D eigenvalue weighted by Crippen LogP contribution is 2.30. The van der Waals surface area contributed by atoms with Crippen molar-refractivity contribution in [2.45, 2.75) is 24.9 Å². The van der Waals surface area contributed by atoms with E-state index in [9.17, 15) is 26.7 Å². The van der Waals surface area contributed by atoms with Gasteiger partial charge in [-0.1, -0.05) is 6.07 Å². The van der Waals surface area contributed by atoms with Crippen LogP contribution in [0.1, 0.15) is 12.0 Å². The van der Waals surface area contributed by atoms with Crippen LogP contribution in [-0.4, -0.2) is 44.8 Å². The van der Waals surface area contributed by atoms with Gasteiger partial charge in [-0.2, -0.15) is 13.2 Å². The molecule has 0 saturated carbocycles. The van der Waals surface area contributed by atoms with Gasteiger partial charge < -0.3 is 20.5 Å². The van der Waals surface area contributed by atoms with E-state index >= 15 is 0 Å². The predicted molar refractivity (Wildman–Crippen MR) is 79.9 cm³/mol. The highest BCUT2D eigenvalue weighted by Gasteiger charge is 2.29. The average molecular weight is 370 g/mol. The van der Waals surface area contributed by atoms with E-state index in [-0.39, 0.29) is 24.3 Å². The molecule has 0 spiro atoms. The fourth-order valence-corrected chi connectivity index (χ4v) is 1.79. The summed E-state index contributed by atoms with van der Waals surface area (Å²) < 4.78 is 72.0. The summed E-state index contributed by atoms with van der Waals surface area (Å²) >= 11 is 0. The van der Waals surface area contributed by atoms with Crippen LogP contribution >= 0.6 is 0 Å². The van der Waals surface area contributed by atoms with E-state index in [1.165, 1.54) is 25.3 Å². The second-order valence-corrected chi connectivity index (χ2v) is 5.23. The first-order chi connectivity index (χ1) is 11.6. The molecular formula is C15H19F5N2O3. The van der Waals surface area contributed by atoms with Gasteiger partial charge in [-0.3, -0.25) is 4.79 Å². The Morgan fingerprint density at radius 2 is 1.88 bits per heavy atom. The van der Waals surface area contributed by atoms with Crippen LogP contribution in [0.5, 0.6) is 11.5 Å². The number of nitrogens with one attached hydrogen (secondary N) is 1. The molecule has 10 heteroatoms. The van der Waals surface area contributed by atoms with Crippen LogP contribution in [0.15, 0.2) is 18.2 Å². The van der Waals surface area contributed by atoms with Gasteiger partial charge >= 0.3 is 6.18 Å². The van der Waals surface area contributed by atoms with Gasteiger partial charge in [0.05, 0.1) is 20.2 Å². The standard InChI is InChI=1S/C15H19F5N2O3/c1-24-12-6-10(2-4-11(12)25-9-15(18,19)20)3-5-13(23)22-8-14(16,17)7-21/h2,4,6H,3,5,7-9,21H2,1H3,(H,22,23). The molecular weight excluding hydrogens is 351 g/mol. The Labute approximate surface area is 141 Å². The van der Waals surface area contributed by atoms with E-state index in [2.05, 4.69) is 10.1 Å². The summed E-state index contributed by atoms with van der Waals surface area (Å²) in [4.78, 5) is 11.5. The number of carbonyl (C=O) groups is 1. The highest BCUT2D eigenvalue weighted by molar-refractivity contribution is 5.76. The Morgan fingerprint density at radius 3 is 2.44 bits per heavy atom. The van der Waals surface area contributed by atoms with Gasteiger partial charge in [-0.15, -0.1) is 0 Å². The Kier molecular flexibility index (Phi) is 7.40. The van der Waals surface area contributed by atoms with E-state index in [0.717, 1.165) is 0 Å². The van der Waals surface area contributed by atoms with Gasteiger partial charge in [-0.05, 0) is 24.1 Å². The predicted octanol–water partition coefficient (Wildman–Crippen LogP) is 2.28. The Balaban J connectivity index is 2.58. The van der Waals surface area contributed by atoms with Crippen molar-refractivity contribution in [2.24, 2.45) is 5.73 Å². The molecule has 0 saturated heterocycles. The molecule has 0 aliphatic rings. The number of ether oxygens (including phenoxy) is 2. The zero-order valence-electron chi connectivity index (χ0n) is 13.5. The monoisotopic (exact) mass is 370 g/mol. The van der Waals surface area contributed by atoms with Crippen molar-refractivity contribution < 1.29 is 36.2 Å². The number of rotatable bonds is 9. The van der Waals surface area contributed by atoms with Crippen LogP contribution in [0.4, 0.5) is 22.0 Å². The number of hydrogen-bond donors (Lipinski definition) is 2. The number of nitrogens with two attached hydrogens (primary N) is 1. The Bertz CT molecular complexity index is 579. The molecule has 0 aromatic heterocycles. The van der Waals surface area contributed by atoms with Gasteiger partial charge in [0.1, 0.15) is 0 Å².